The number of nitrogens with two attached hydrogens (primary N) is 1. The van der Waals surface area contributed by atoms with Gasteiger partial charge in [-0.25, -0.2) is 18.7 Å². The summed E-state index contributed by atoms with van der Waals surface area (Å²) in [6.45, 7) is 3.55. The average Bonchev–Trinajstić information content (AvgIpc) is 3.20. The highest BCUT2D eigenvalue weighted by Gasteiger charge is 2.32. The van der Waals surface area contributed by atoms with Crippen molar-refractivity contribution in [3.63, 3.8) is 0 Å². The summed E-state index contributed by atoms with van der Waals surface area (Å²) in [5, 5.41) is 6.62. The molecule has 0 aliphatic heterocycles. The number of hydrogen-bond donors (Lipinski definition) is 3. The Hall–Kier alpha value is -3.04. The Morgan fingerprint density at radius 2 is 1.89 bits per heavy atom. The molecule has 0 atom stereocenters. The fourth-order valence-corrected chi connectivity index (χ4v) is 5.69. The van der Waals surface area contributed by atoms with E-state index in [4.69, 9.17) is 15.7 Å². The van der Waals surface area contributed by atoms with Crippen molar-refractivity contribution in [3.05, 3.63) is 29.4 Å². The lowest BCUT2D eigenvalue weighted by Gasteiger charge is -2.31. The molecule has 0 radical (unpaired) electrons. The molecule has 2 saturated carbocycles. The second kappa shape index (κ2) is 9.78. The van der Waals surface area contributed by atoms with E-state index < -0.39 is 5.67 Å². The van der Waals surface area contributed by atoms with E-state index in [2.05, 4.69) is 15.6 Å². The van der Waals surface area contributed by atoms with E-state index in [0.29, 0.717) is 67.3 Å². The maximum absolute atomic E-state index is 14.8. The number of primary amides is 1. The van der Waals surface area contributed by atoms with Gasteiger partial charge in [-0.2, -0.15) is 4.98 Å². The number of nitrogens with zero attached hydrogens (tertiary/aromatic N) is 4. The van der Waals surface area contributed by atoms with Crippen molar-refractivity contribution in [3.8, 4) is 0 Å². The second-order valence-corrected chi connectivity index (χ2v) is 10.8. The highest BCUT2D eigenvalue weighted by molar-refractivity contribution is 5.77. The number of imidazole rings is 1. The molecule has 0 bridgehead atoms. The number of aromatic nitrogens is 4. The molecule has 36 heavy (non-hydrogen) atoms. The zero-order valence-electron chi connectivity index (χ0n) is 21.0. The fourth-order valence-electron chi connectivity index (χ4n) is 5.69. The molecule has 0 saturated heterocycles. The first-order valence-corrected chi connectivity index (χ1v) is 13.0. The normalized spacial score (nSPS) is 29.2. The van der Waals surface area contributed by atoms with Crippen LogP contribution in [0, 0.1) is 5.92 Å². The van der Waals surface area contributed by atoms with Crippen LogP contribution in [0.25, 0.3) is 11.2 Å². The van der Waals surface area contributed by atoms with Crippen LogP contribution in [0.4, 0.5) is 20.7 Å². The minimum absolute atomic E-state index is 0.0364. The zero-order chi connectivity index (χ0) is 25.4. The van der Waals surface area contributed by atoms with Crippen LogP contribution in [0.15, 0.2) is 29.4 Å². The Balaban J connectivity index is 1.47. The lowest BCUT2D eigenvalue weighted by atomic mass is 9.85. The summed E-state index contributed by atoms with van der Waals surface area (Å²) in [6, 6.07) is 0.148. The van der Waals surface area contributed by atoms with E-state index in [0.717, 1.165) is 31.3 Å². The second-order valence-electron chi connectivity index (χ2n) is 10.8. The molecule has 1 amide bonds. The van der Waals surface area contributed by atoms with E-state index >= 15 is 0 Å². The molecule has 0 unspecified atom stereocenters. The highest BCUT2D eigenvalue weighted by atomic mass is 19.1. The molecule has 2 aromatic heterocycles. The standard InChI is InChI=1S/C26H35F2N7O/c1-15-4-3-5-19(27)21(15)33-25-32-20-14-30-24(31-17-10-12-26(2,28)13-11-17)34-23(20)35(25)18-8-6-16(7-9-18)22(29)36/h4,14,16-18H,3,5-13H2,1-2H3,(H2,29,36)(H,32,33)(H,30,31,34)/t16-,17?,18+,26?. The quantitative estimate of drug-likeness (QED) is 0.487. The van der Waals surface area contributed by atoms with E-state index in [-0.39, 0.29) is 29.7 Å². The van der Waals surface area contributed by atoms with Gasteiger partial charge in [0.15, 0.2) is 5.65 Å². The minimum Gasteiger partial charge on any atom is -0.369 e. The molecule has 2 fully saturated rings. The molecular formula is C26H35F2N7O. The molecule has 3 aliphatic rings. The fraction of sp³-hybridized carbons (Fsp3) is 0.615. The van der Waals surface area contributed by atoms with Crippen LogP contribution in [0.5, 0.6) is 0 Å². The van der Waals surface area contributed by atoms with Gasteiger partial charge >= 0.3 is 0 Å². The van der Waals surface area contributed by atoms with Crippen LogP contribution in [-0.2, 0) is 4.79 Å². The number of amides is 1. The molecule has 8 nitrogen and oxygen atoms in total. The topological polar surface area (TPSA) is 111 Å². The number of allylic oxidation sites excluding steroid dienone is 3. The molecule has 0 aromatic carbocycles. The number of carbonyl (C=O) groups is 1. The SMILES string of the molecule is CC1=CCCC(F)=C1Nc1nc2cnc(NC3CCC(C)(F)CC3)nc2n1[C@H]1CC[C@@H](C(N)=O)CC1. The van der Waals surface area contributed by atoms with Crippen LogP contribution < -0.4 is 16.4 Å². The number of rotatable bonds is 6. The number of anilines is 2. The summed E-state index contributed by atoms with van der Waals surface area (Å²) in [4.78, 5) is 25.7. The van der Waals surface area contributed by atoms with Crippen molar-refractivity contribution in [2.45, 2.75) is 95.8 Å². The summed E-state index contributed by atoms with van der Waals surface area (Å²) in [5.74, 6) is 0.424. The van der Waals surface area contributed by atoms with Crippen LogP contribution >= 0.6 is 0 Å². The summed E-state index contributed by atoms with van der Waals surface area (Å²) < 4.78 is 31.0. The van der Waals surface area contributed by atoms with Gasteiger partial charge in [-0.1, -0.05) is 6.08 Å². The molecule has 2 aromatic rings. The molecule has 3 aliphatic carbocycles. The van der Waals surface area contributed by atoms with Gasteiger partial charge in [0, 0.05) is 24.4 Å². The van der Waals surface area contributed by atoms with Crippen molar-refractivity contribution in [1.82, 2.24) is 19.5 Å². The van der Waals surface area contributed by atoms with E-state index in [1.807, 2.05) is 17.6 Å². The Labute approximate surface area is 209 Å². The Bertz CT molecular complexity index is 1200. The third-order valence-corrected chi connectivity index (χ3v) is 7.98. The number of fused-ring (bicyclic) bond motifs is 1. The third kappa shape index (κ3) is 5.08. The number of nitrogens with one attached hydrogen (secondary N) is 2. The highest BCUT2D eigenvalue weighted by Crippen LogP contribution is 2.38. The average molecular weight is 500 g/mol. The lowest BCUT2D eigenvalue weighted by Crippen LogP contribution is -2.33. The largest absolute Gasteiger partial charge is 0.369 e. The number of carbonyl (C=O) groups excluding carboxylic acids is 1. The summed E-state index contributed by atoms with van der Waals surface area (Å²) in [7, 11) is 0. The molecule has 2 heterocycles. The lowest BCUT2D eigenvalue weighted by molar-refractivity contribution is -0.122. The predicted molar refractivity (Wildman–Crippen MR) is 136 cm³/mol. The molecule has 4 N–H and O–H groups in total. The zero-order valence-corrected chi connectivity index (χ0v) is 21.0. The maximum Gasteiger partial charge on any atom is 0.224 e. The number of alkyl halides is 1. The van der Waals surface area contributed by atoms with Gasteiger partial charge in [-0.15, -0.1) is 0 Å². The summed E-state index contributed by atoms with van der Waals surface area (Å²) >= 11 is 0. The van der Waals surface area contributed by atoms with Crippen LogP contribution in [-0.4, -0.2) is 37.1 Å². The van der Waals surface area contributed by atoms with Gasteiger partial charge in [0.05, 0.1) is 11.9 Å². The van der Waals surface area contributed by atoms with Crippen molar-refractivity contribution in [1.29, 1.82) is 0 Å². The summed E-state index contributed by atoms with van der Waals surface area (Å²) in [5.41, 5.74) is 7.01. The molecular weight excluding hydrogens is 464 g/mol. The van der Waals surface area contributed by atoms with Gasteiger partial charge in [-0.3, -0.25) is 9.36 Å². The summed E-state index contributed by atoms with van der Waals surface area (Å²) in [6.07, 6.45) is 10.1. The molecule has 10 heteroatoms. The first kappa shape index (κ1) is 24.6. The van der Waals surface area contributed by atoms with Crippen LogP contribution in [0.3, 0.4) is 0 Å². The van der Waals surface area contributed by atoms with Crippen LogP contribution in [0.2, 0.25) is 0 Å². The van der Waals surface area contributed by atoms with Crippen molar-refractivity contribution in [2.24, 2.45) is 11.7 Å². The predicted octanol–water partition coefficient (Wildman–Crippen LogP) is 5.46. The smallest absolute Gasteiger partial charge is 0.224 e. The monoisotopic (exact) mass is 499 g/mol. The molecule has 5 rings (SSSR count). The Morgan fingerprint density at radius 1 is 1.17 bits per heavy atom. The number of hydrogen-bond acceptors (Lipinski definition) is 6. The molecule has 0 spiro atoms. The van der Waals surface area contributed by atoms with Gasteiger partial charge in [0.25, 0.3) is 0 Å². The third-order valence-electron chi connectivity index (χ3n) is 7.98. The number of halogens is 2. The minimum atomic E-state index is -1.11. The van der Waals surface area contributed by atoms with E-state index in [9.17, 15) is 13.6 Å². The maximum atomic E-state index is 14.8. The van der Waals surface area contributed by atoms with E-state index in [1.165, 1.54) is 0 Å². The van der Waals surface area contributed by atoms with Crippen molar-refractivity contribution in [2.75, 3.05) is 10.6 Å². The first-order valence-electron chi connectivity index (χ1n) is 13.0. The van der Waals surface area contributed by atoms with Gasteiger partial charge < -0.3 is 16.4 Å². The van der Waals surface area contributed by atoms with Gasteiger partial charge in [0.1, 0.15) is 17.0 Å². The van der Waals surface area contributed by atoms with Crippen LogP contribution in [0.1, 0.15) is 84.1 Å². The van der Waals surface area contributed by atoms with E-state index in [1.54, 1.807) is 13.1 Å². The molecule has 194 valence electrons. The van der Waals surface area contributed by atoms with Crippen molar-refractivity contribution < 1.29 is 13.6 Å². The Kier molecular flexibility index (Phi) is 6.70. The Morgan fingerprint density at radius 3 is 2.56 bits per heavy atom. The van der Waals surface area contributed by atoms with Crippen molar-refractivity contribution >= 4 is 29.0 Å². The van der Waals surface area contributed by atoms with Gasteiger partial charge in [0.2, 0.25) is 17.8 Å². The van der Waals surface area contributed by atoms with Gasteiger partial charge in [-0.05, 0) is 77.2 Å². The first-order chi connectivity index (χ1) is 17.2.